The third-order valence-corrected chi connectivity index (χ3v) is 9.20. The highest BCUT2D eigenvalue weighted by Crippen LogP contribution is 2.47. The predicted octanol–water partition coefficient (Wildman–Crippen LogP) is 6.04. The smallest absolute Gasteiger partial charge is 0.0735 e. The molecule has 0 heterocycles. The largest absolute Gasteiger partial charge is 0.0992 e. The zero-order valence-corrected chi connectivity index (χ0v) is 16.4. The van der Waals surface area contributed by atoms with Crippen LogP contribution in [0.2, 0.25) is 44.8 Å². The Kier molecular flexibility index (Phi) is 4.58. The second-order valence-corrected chi connectivity index (χ2v) is 18.7. The van der Waals surface area contributed by atoms with Gasteiger partial charge >= 0.3 is 0 Å². The van der Waals surface area contributed by atoms with Gasteiger partial charge in [0.2, 0.25) is 0 Å². The Morgan fingerprint density at radius 2 is 1.53 bits per heavy atom. The van der Waals surface area contributed by atoms with Crippen molar-refractivity contribution in [3.8, 4) is 0 Å². The maximum atomic E-state index is 4.25. The van der Waals surface area contributed by atoms with E-state index in [9.17, 15) is 0 Å². The second kappa shape index (κ2) is 5.21. The minimum Gasteiger partial charge on any atom is -0.0992 e. The molecule has 0 bridgehead atoms. The van der Waals surface area contributed by atoms with Gasteiger partial charge in [0.25, 0.3) is 0 Å². The van der Waals surface area contributed by atoms with Crippen molar-refractivity contribution in [1.82, 2.24) is 0 Å². The summed E-state index contributed by atoms with van der Waals surface area (Å²) >= 11 is 0. The first kappa shape index (κ1) is 16.7. The van der Waals surface area contributed by atoms with E-state index in [1.807, 2.05) is 0 Å². The number of rotatable bonds is 3. The normalized spacial score (nSPS) is 25.4. The van der Waals surface area contributed by atoms with Crippen LogP contribution in [0.4, 0.5) is 0 Å². The van der Waals surface area contributed by atoms with Crippen molar-refractivity contribution < 1.29 is 0 Å². The Morgan fingerprint density at radius 1 is 1.05 bits per heavy atom. The highest BCUT2D eigenvalue weighted by atomic mass is 28.3. The van der Waals surface area contributed by atoms with Crippen LogP contribution >= 0.6 is 0 Å². The van der Waals surface area contributed by atoms with Gasteiger partial charge in [-0.2, -0.15) is 0 Å². The fourth-order valence-electron chi connectivity index (χ4n) is 3.96. The summed E-state index contributed by atoms with van der Waals surface area (Å²) in [6.07, 6.45) is 2.52. The molecule has 0 amide bonds. The third-order valence-electron chi connectivity index (χ3n) is 4.26. The lowest BCUT2D eigenvalue weighted by Crippen LogP contribution is -2.38. The van der Waals surface area contributed by atoms with Crippen molar-refractivity contribution in [1.29, 1.82) is 0 Å². The van der Waals surface area contributed by atoms with Crippen LogP contribution in [-0.2, 0) is 0 Å². The van der Waals surface area contributed by atoms with Crippen molar-refractivity contribution in [3.05, 3.63) is 34.6 Å². The quantitative estimate of drug-likeness (QED) is 0.439. The van der Waals surface area contributed by atoms with Crippen LogP contribution in [0.1, 0.15) is 20.8 Å². The van der Waals surface area contributed by atoms with Crippen LogP contribution in [0.25, 0.3) is 0 Å². The molecule has 1 aliphatic rings. The van der Waals surface area contributed by atoms with E-state index in [2.05, 4.69) is 72.7 Å². The summed E-state index contributed by atoms with van der Waals surface area (Å²) in [6, 6.07) is 0. The lowest BCUT2D eigenvalue weighted by atomic mass is 9.88. The molecule has 0 aromatic rings. The monoisotopic (exact) mass is 292 g/mol. The summed E-state index contributed by atoms with van der Waals surface area (Å²) in [4.78, 5) is 0. The number of allylic oxidation sites excluding steroid dienone is 5. The molecule has 2 unspecified atom stereocenters. The summed E-state index contributed by atoms with van der Waals surface area (Å²) in [7, 11) is -2.50. The highest BCUT2D eigenvalue weighted by molar-refractivity contribution is 6.84. The van der Waals surface area contributed by atoms with Crippen LogP contribution in [0.3, 0.4) is 0 Å². The van der Waals surface area contributed by atoms with Gasteiger partial charge in [0.15, 0.2) is 0 Å². The van der Waals surface area contributed by atoms with Gasteiger partial charge in [0.1, 0.15) is 0 Å². The molecule has 2 heteroatoms. The lowest BCUT2D eigenvalue weighted by molar-refractivity contribution is 0.839. The molecule has 108 valence electrons. The molecule has 2 atom stereocenters. The van der Waals surface area contributed by atoms with Gasteiger partial charge in [-0.3, -0.25) is 0 Å². The minimum absolute atomic E-state index is 0.499. The van der Waals surface area contributed by atoms with Crippen molar-refractivity contribution in [2.75, 3.05) is 0 Å². The fourth-order valence-corrected chi connectivity index (χ4v) is 9.62. The van der Waals surface area contributed by atoms with E-state index in [0.717, 1.165) is 5.54 Å². The summed E-state index contributed by atoms with van der Waals surface area (Å²) in [5, 5.41) is 1.75. The summed E-state index contributed by atoms with van der Waals surface area (Å²) in [5.41, 5.74) is 5.31. The van der Waals surface area contributed by atoms with E-state index >= 15 is 0 Å². The van der Waals surface area contributed by atoms with E-state index in [0.29, 0.717) is 5.92 Å². The van der Waals surface area contributed by atoms with Crippen molar-refractivity contribution in [2.24, 2.45) is 5.92 Å². The topological polar surface area (TPSA) is 0 Å². The first-order valence-electron chi connectivity index (χ1n) is 7.42. The van der Waals surface area contributed by atoms with Crippen molar-refractivity contribution >= 4 is 16.1 Å². The summed E-state index contributed by atoms with van der Waals surface area (Å²) in [6.45, 7) is 26.1. The molecule has 19 heavy (non-hydrogen) atoms. The molecule has 0 aliphatic heterocycles. The average molecular weight is 293 g/mol. The zero-order valence-electron chi connectivity index (χ0n) is 14.4. The Hall–Kier alpha value is -0.346. The fraction of sp³-hybridized carbons (Fsp3) is 0.647. The molecule has 0 N–H and O–H groups in total. The first-order valence-corrected chi connectivity index (χ1v) is 14.5. The molecule has 0 saturated heterocycles. The molecule has 0 radical (unpaired) electrons. The molecule has 0 aromatic heterocycles. The standard InChI is InChI=1S/C17H32Si2/c1-12(2)15-11-13(3)16(18(5,6)7)14(4)17(15)19(8,9)10/h11,15-16H,1H2,2-10H3. The molecule has 1 aliphatic carbocycles. The Morgan fingerprint density at radius 3 is 1.84 bits per heavy atom. The molecule has 0 nitrogen and oxygen atoms in total. The number of hydrogen-bond acceptors (Lipinski definition) is 0. The van der Waals surface area contributed by atoms with Crippen LogP contribution in [0, 0.1) is 5.92 Å². The second-order valence-electron chi connectivity index (χ2n) is 8.38. The van der Waals surface area contributed by atoms with Gasteiger partial charge in [-0.05, 0) is 26.3 Å². The van der Waals surface area contributed by atoms with Gasteiger partial charge in [-0.1, -0.05) is 73.9 Å². The molecule has 0 aromatic carbocycles. The van der Waals surface area contributed by atoms with Crippen molar-refractivity contribution in [3.63, 3.8) is 0 Å². The van der Waals surface area contributed by atoms with Gasteiger partial charge < -0.3 is 0 Å². The molecule has 0 saturated carbocycles. The van der Waals surface area contributed by atoms with E-state index in [4.69, 9.17) is 0 Å². The third kappa shape index (κ3) is 3.40. The first-order chi connectivity index (χ1) is 8.37. The maximum absolute atomic E-state index is 4.25. The van der Waals surface area contributed by atoms with Crippen molar-refractivity contribution in [2.45, 2.75) is 65.6 Å². The van der Waals surface area contributed by atoms with Crippen LogP contribution < -0.4 is 0 Å². The molecule has 0 fully saturated rings. The van der Waals surface area contributed by atoms with E-state index in [1.165, 1.54) is 5.57 Å². The van der Waals surface area contributed by atoms with Crippen LogP contribution in [-0.4, -0.2) is 16.1 Å². The maximum Gasteiger partial charge on any atom is 0.0735 e. The van der Waals surface area contributed by atoms with E-state index < -0.39 is 16.1 Å². The highest BCUT2D eigenvalue weighted by Gasteiger charge is 2.39. The van der Waals surface area contributed by atoms with Gasteiger partial charge in [-0.15, -0.1) is 0 Å². The van der Waals surface area contributed by atoms with Gasteiger partial charge in [-0.25, -0.2) is 0 Å². The Labute approximate surface area is 122 Å². The van der Waals surface area contributed by atoms with Gasteiger partial charge in [0, 0.05) is 5.92 Å². The predicted molar refractivity (Wildman–Crippen MR) is 95.2 cm³/mol. The lowest BCUT2D eigenvalue weighted by Gasteiger charge is -2.42. The number of hydrogen-bond donors (Lipinski definition) is 0. The minimum atomic E-state index is -1.30. The zero-order chi connectivity index (χ0) is 15.2. The molecular formula is C17H32Si2. The van der Waals surface area contributed by atoms with Crippen LogP contribution in [0.5, 0.6) is 0 Å². The summed E-state index contributed by atoms with van der Waals surface area (Å²) in [5.74, 6) is 0.499. The van der Waals surface area contributed by atoms with Crippen LogP contribution in [0.15, 0.2) is 34.6 Å². The average Bonchev–Trinajstić information content (AvgIpc) is 2.11. The molecule has 1 rings (SSSR count). The van der Waals surface area contributed by atoms with Gasteiger partial charge in [0.05, 0.1) is 16.1 Å². The molecule has 0 spiro atoms. The van der Waals surface area contributed by atoms with E-state index in [1.54, 1.807) is 16.3 Å². The Balaban J connectivity index is 3.49. The Bertz CT molecular complexity index is 439. The van der Waals surface area contributed by atoms with E-state index in [-0.39, 0.29) is 0 Å². The summed E-state index contributed by atoms with van der Waals surface area (Å²) < 4.78 is 0. The SMILES string of the molecule is C=C(C)C1C=C(C)C([Si](C)(C)C)C(C)=C1[Si](C)(C)C. The molecular weight excluding hydrogens is 260 g/mol.